The van der Waals surface area contributed by atoms with Crippen molar-refractivity contribution < 1.29 is 9.53 Å². The summed E-state index contributed by atoms with van der Waals surface area (Å²) in [6.45, 7) is 2.56. The van der Waals surface area contributed by atoms with Crippen molar-refractivity contribution in [3.8, 4) is 11.8 Å². The Kier molecular flexibility index (Phi) is 6.46. The second-order valence-corrected chi connectivity index (χ2v) is 7.64. The lowest BCUT2D eigenvalue weighted by Gasteiger charge is -2.29. The first-order valence-electron chi connectivity index (χ1n) is 9.07. The second kappa shape index (κ2) is 9.20. The zero-order chi connectivity index (χ0) is 19.9. The summed E-state index contributed by atoms with van der Waals surface area (Å²) in [4.78, 5) is 16.4. The number of nitriles is 1. The Hall–Kier alpha value is -3.10. The number of ether oxygens (including phenoxy) is 1. The smallest absolute Gasteiger partial charge is 0.254 e. The molecule has 0 bridgehead atoms. The van der Waals surface area contributed by atoms with Crippen LogP contribution in [0.4, 0.5) is 0 Å². The van der Waals surface area contributed by atoms with Gasteiger partial charge in [-0.25, -0.2) is 0 Å². The minimum atomic E-state index is -0.0722. The third kappa shape index (κ3) is 4.79. The molecule has 2 aromatic carbocycles. The average molecular weight is 391 g/mol. The van der Waals surface area contributed by atoms with Crippen molar-refractivity contribution in [3.05, 3.63) is 87.6 Å². The van der Waals surface area contributed by atoms with Crippen molar-refractivity contribution in [1.29, 1.82) is 5.26 Å². The van der Waals surface area contributed by atoms with Crippen molar-refractivity contribution in [2.24, 2.45) is 0 Å². The molecule has 0 aliphatic rings. The Morgan fingerprint density at radius 3 is 2.61 bits per heavy atom. The Morgan fingerprint density at radius 2 is 1.96 bits per heavy atom. The summed E-state index contributed by atoms with van der Waals surface area (Å²) < 4.78 is 5.22. The van der Waals surface area contributed by atoms with Gasteiger partial charge in [0, 0.05) is 29.4 Å². The number of nitrogens with zero attached hydrogens (tertiary/aromatic N) is 2. The summed E-state index contributed by atoms with van der Waals surface area (Å²) in [7, 11) is 1.64. The van der Waals surface area contributed by atoms with E-state index < -0.39 is 0 Å². The first-order valence-corrected chi connectivity index (χ1v) is 9.95. The molecule has 0 radical (unpaired) electrons. The van der Waals surface area contributed by atoms with Gasteiger partial charge in [0.05, 0.1) is 18.7 Å². The van der Waals surface area contributed by atoms with E-state index in [9.17, 15) is 4.79 Å². The summed E-state index contributed by atoms with van der Waals surface area (Å²) in [6, 6.07) is 20.9. The number of amides is 1. The van der Waals surface area contributed by atoms with Crippen molar-refractivity contribution in [3.63, 3.8) is 0 Å². The van der Waals surface area contributed by atoms with Gasteiger partial charge in [-0.2, -0.15) is 5.26 Å². The molecule has 0 N–H and O–H groups in total. The fourth-order valence-corrected chi connectivity index (χ4v) is 3.90. The Labute approximate surface area is 169 Å². The van der Waals surface area contributed by atoms with Crippen molar-refractivity contribution in [1.82, 2.24) is 4.90 Å². The SMILES string of the molecule is COc1ccc(CN(C(=O)c2cccc(C#N)c2)[C@@H](C)Cc2cccs2)cc1. The van der Waals surface area contributed by atoms with Gasteiger partial charge in [-0.05, 0) is 54.3 Å². The molecule has 1 aromatic heterocycles. The van der Waals surface area contributed by atoms with E-state index in [-0.39, 0.29) is 11.9 Å². The fraction of sp³-hybridized carbons (Fsp3) is 0.217. The minimum Gasteiger partial charge on any atom is -0.497 e. The molecule has 3 rings (SSSR count). The lowest BCUT2D eigenvalue weighted by atomic mass is 10.1. The van der Waals surface area contributed by atoms with E-state index in [2.05, 4.69) is 19.1 Å². The van der Waals surface area contributed by atoms with Crippen LogP contribution in [0.1, 0.15) is 33.3 Å². The molecule has 4 nitrogen and oxygen atoms in total. The van der Waals surface area contributed by atoms with Crippen LogP contribution in [0.25, 0.3) is 0 Å². The largest absolute Gasteiger partial charge is 0.497 e. The number of rotatable bonds is 7. The number of methoxy groups -OCH3 is 1. The molecule has 0 aliphatic heterocycles. The quantitative estimate of drug-likeness (QED) is 0.576. The predicted octanol–water partition coefficient (Wildman–Crippen LogP) is 4.90. The number of thiophene rings is 1. The third-order valence-electron chi connectivity index (χ3n) is 4.62. The van der Waals surface area contributed by atoms with E-state index in [1.165, 1.54) is 4.88 Å². The maximum Gasteiger partial charge on any atom is 0.254 e. The molecule has 5 heteroatoms. The van der Waals surface area contributed by atoms with Crippen LogP contribution in [0.15, 0.2) is 66.0 Å². The molecule has 0 saturated heterocycles. The zero-order valence-electron chi connectivity index (χ0n) is 16.0. The first kappa shape index (κ1) is 19.7. The van der Waals surface area contributed by atoms with Gasteiger partial charge < -0.3 is 9.64 Å². The standard InChI is InChI=1S/C23H22N2O2S/c1-17(13-22-7-4-12-28-22)25(16-18-8-10-21(27-2)11-9-18)23(26)20-6-3-5-19(14-20)15-24/h3-12,14,17H,13,16H2,1-2H3/t17-/m0/s1. The molecular weight excluding hydrogens is 368 g/mol. The fourth-order valence-electron chi connectivity index (χ4n) is 3.07. The lowest BCUT2D eigenvalue weighted by molar-refractivity contribution is 0.0676. The van der Waals surface area contributed by atoms with Gasteiger partial charge in [-0.1, -0.05) is 24.3 Å². The highest BCUT2D eigenvalue weighted by Gasteiger charge is 2.23. The molecule has 28 heavy (non-hydrogen) atoms. The van der Waals surface area contributed by atoms with Gasteiger partial charge in [0.2, 0.25) is 0 Å². The Balaban J connectivity index is 1.87. The van der Waals surface area contributed by atoms with E-state index in [4.69, 9.17) is 10.00 Å². The normalized spacial score (nSPS) is 11.5. The zero-order valence-corrected chi connectivity index (χ0v) is 16.8. The summed E-state index contributed by atoms with van der Waals surface area (Å²) in [5.74, 6) is 0.715. The van der Waals surface area contributed by atoms with Gasteiger partial charge in [0.25, 0.3) is 5.91 Å². The van der Waals surface area contributed by atoms with Gasteiger partial charge in [0.1, 0.15) is 5.75 Å². The van der Waals surface area contributed by atoms with Crippen molar-refractivity contribution >= 4 is 17.2 Å². The van der Waals surface area contributed by atoms with Crippen LogP contribution in [0.5, 0.6) is 5.75 Å². The molecule has 1 heterocycles. The van der Waals surface area contributed by atoms with Crippen LogP contribution < -0.4 is 4.74 Å². The lowest BCUT2D eigenvalue weighted by Crippen LogP contribution is -2.39. The third-order valence-corrected chi connectivity index (χ3v) is 5.52. The number of benzene rings is 2. The molecule has 0 saturated carbocycles. The number of hydrogen-bond acceptors (Lipinski definition) is 4. The Morgan fingerprint density at radius 1 is 1.18 bits per heavy atom. The number of carbonyl (C=O) groups is 1. The number of carbonyl (C=O) groups excluding carboxylic acids is 1. The molecule has 0 spiro atoms. The molecule has 1 amide bonds. The topological polar surface area (TPSA) is 53.3 Å². The van der Waals surface area contributed by atoms with Crippen LogP contribution in [-0.2, 0) is 13.0 Å². The van der Waals surface area contributed by atoms with E-state index in [0.29, 0.717) is 17.7 Å². The van der Waals surface area contributed by atoms with Crippen molar-refractivity contribution in [2.75, 3.05) is 7.11 Å². The summed E-state index contributed by atoms with van der Waals surface area (Å²) in [5.41, 5.74) is 2.05. The molecule has 3 aromatic rings. The van der Waals surface area contributed by atoms with Gasteiger partial charge >= 0.3 is 0 Å². The second-order valence-electron chi connectivity index (χ2n) is 6.61. The van der Waals surface area contributed by atoms with Crippen LogP contribution >= 0.6 is 11.3 Å². The number of hydrogen-bond donors (Lipinski definition) is 0. The minimum absolute atomic E-state index is 0.0130. The predicted molar refractivity (Wildman–Crippen MR) is 112 cm³/mol. The first-order chi connectivity index (χ1) is 13.6. The van der Waals surface area contributed by atoms with E-state index in [1.807, 2.05) is 40.6 Å². The molecule has 0 fully saturated rings. The van der Waals surface area contributed by atoms with Gasteiger partial charge in [-0.15, -0.1) is 11.3 Å². The van der Waals surface area contributed by atoms with Crippen molar-refractivity contribution in [2.45, 2.75) is 25.9 Å². The van der Waals surface area contributed by atoms with Gasteiger partial charge in [-0.3, -0.25) is 4.79 Å². The summed E-state index contributed by atoms with van der Waals surface area (Å²) in [6.07, 6.45) is 0.789. The molecule has 142 valence electrons. The molecule has 0 unspecified atom stereocenters. The Bertz CT molecular complexity index is 959. The maximum absolute atomic E-state index is 13.3. The van der Waals surface area contributed by atoms with E-state index >= 15 is 0 Å². The molecule has 0 aliphatic carbocycles. The van der Waals surface area contributed by atoms with Crippen LogP contribution in [-0.4, -0.2) is 24.0 Å². The van der Waals surface area contributed by atoms with E-state index in [0.717, 1.165) is 17.7 Å². The molecular formula is C23H22N2O2S. The highest BCUT2D eigenvalue weighted by Crippen LogP contribution is 2.20. The molecule has 1 atom stereocenters. The highest BCUT2D eigenvalue weighted by atomic mass is 32.1. The van der Waals surface area contributed by atoms with E-state index in [1.54, 1.807) is 42.7 Å². The maximum atomic E-state index is 13.3. The average Bonchev–Trinajstić information content (AvgIpc) is 3.25. The van der Waals surface area contributed by atoms with Crippen LogP contribution in [0.3, 0.4) is 0 Å². The summed E-state index contributed by atoms with van der Waals surface area (Å²) in [5, 5.41) is 11.2. The monoisotopic (exact) mass is 390 g/mol. The summed E-state index contributed by atoms with van der Waals surface area (Å²) >= 11 is 1.70. The van der Waals surface area contributed by atoms with Crippen LogP contribution in [0, 0.1) is 11.3 Å². The highest BCUT2D eigenvalue weighted by molar-refractivity contribution is 7.09. The van der Waals surface area contributed by atoms with Crippen LogP contribution in [0.2, 0.25) is 0 Å². The van der Waals surface area contributed by atoms with Gasteiger partial charge in [0.15, 0.2) is 0 Å².